The van der Waals surface area contributed by atoms with Crippen LogP contribution in [0.2, 0.25) is 0 Å². The summed E-state index contributed by atoms with van der Waals surface area (Å²) < 4.78 is 25.4. The van der Waals surface area contributed by atoms with E-state index in [-0.39, 0.29) is 40.7 Å². The van der Waals surface area contributed by atoms with Gasteiger partial charge in [-0.2, -0.15) is 8.78 Å². The number of thioether (sulfide) groups is 1. The number of amides is 2. The molecule has 0 spiro atoms. The average molecular weight is 420 g/mol. The van der Waals surface area contributed by atoms with Gasteiger partial charge in [0.05, 0.1) is 12.1 Å². The molecule has 1 saturated heterocycles. The zero-order valence-electron chi connectivity index (χ0n) is 15.8. The van der Waals surface area contributed by atoms with E-state index in [2.05, 4.69) is 10.3 Å². The van der Waals surface area contributed by atoms with E-state index in [0.29, 0.717) is 32.7 Å². The Bertz CT molecular complexity index is 830. The number of benzene rings is 1. The van der Waals surface area contributed by atoms with Gasteiger partial charge in [0.1, 0.15) is 5.03 Å². The molecule has 2 heterocycles. The fraction of sp³-hybridized carbons (Fsp3) is 0.350. The fourth-order valence-electron chi connectivity index (χ4n) is 3.07. The van der Waals surface area contributed by atoms with E-state index >= 15 is 0 Å². The summed E-state index contributed by atoms with van der Waals surface area (Å²) in [6, 6.07) is 12.7. The van der Waals surface area contributed by atoms with Crippen molar-refractivity contribution >= 4 is 23.6 Å². The molecule has 0 atom stereocenters. The van der Waals surface area contributed by atoms with Gasteiger partial charge in [0.15, 0.2) is 0 Å². The number of carbonyl (C=O) groups is 2. The minimum Gasteiger partial charge on any atom is -0.351 e. The van der Waals surface area contributed by atoms with Crippen molar-refractivity contribution in [3.63, 3.8) is 0 Å². The number of pyridine rings is 1. The molecule has 1 aliphatic rings. The van der Waals surface area contributed by atoms with Crippen molar-refractivity contribution in [2.24, 2.45) is 0 Å². The zero-order chi connectivity index (χ0) is 20.6. The van der Waals surface area contributed by atoms with E-state index in [0.717, 1.165) is 5.56 Å². The number of aromatic nitrogens is 1. The predicted octanol–water partition coefficient (Wildman–Crippen LogP) is 2.47. The molecule has 1 aromatic carbocycles. The van der Waals surface area contributed by atoms with Gasteiger partial charge in [-0.15, -0.1) is 0 Å². The molecule has 1 fully saturated rings. The Hall–Kier alpha value is -2.52. The lowest BCUT2D eigenvalue weighted by atomic mass is 10.2. The smallest absolute Gasteiger partial charge is 0.290 e. The van der Waals surface area contributed by atoms with Gasteiger partial charge in [-0.1, -0.05) is 30.3 Å². The fourth-order valence-corrected chi connectivity index (χ4v) is 3.64. The first-order valence-electron chi connectivity index (χ1n) is 9.25. The first-order valence-corrected chi connectivity index (χ1v) is 10.1. The summed E-state index contributed by atoms with van der Waals surface area (Å²) in [5.74, 6) is -3.02. The molecule has 2 aromatic rings. The highest BCUT2D eigenvalue weighted by atomic mass is 32.2. The topological polar surface area (TPSA) is 65.5 Å². The van der Waals surface area contributed by atoms with Gasteiger partial charge in [0.25, 0.3) is 11.7 Å². The van der Waals surface area contributed by atoms with Crippen LogP contribution in [0, 0.1) is 0 Å². The SMILES string of the molecule is O=C(CN1CCN(C(=O)c2cccnc2SC(F)F)CC1)NCc1ccccc1. The third-order valence-electron chi connectivity index (χ3n) is 4.56. The van der Waals surface area contributed by atoms with Gasteiger partial charge in [0.2, 0.25) is 5.91 Å². The lowest BCUT2D eigenvalue weighted by Gasteiger charge is -2.34. The number of hydrogen-bond donors (Lipinski definition) is 1. The maximum atomic E-state index is 12.7. The summed E-state index contributed by atoms with van der Waals surface area (Å²) in [5.41, 5.74) is 1.22. The van der Waals surface area contributed by atoms with Crippen molar-refractivity contribution in [3.8, 4) is 0 Å². The zero-order valence-corrected chi connectivity index (χ0v) is 16.6. The Morgan fingerprint density at radius 3 is 2.48 bits per heavy atom. The minimum atomic E-state index is -2.64. The van der Waals surface area contributed by atoms with Crippen molar-refractivity contribution in [1.82, 2.24) is 20.1 Å². The maximum Gasteiger partial charge on any atom is 0.290 e. The number of piperazine rings is 1. The molecular formula is C20H22F2N4O2S. The van der Waals surface area contributed by atoms with Crippen LogP contribution in [-0.2, 0) is 11.3 Å². The highest BCUT2D eigenvalue weighted by Crippen LogP contribution is 2.27. The summed E-state index contributed by atoms with van der Waals surface area (Å²) in [5, 5.41) is 2.93. The van der Waals surface area contributed by atoms with Gasteiger partial charge >= 0.3 is 0 Å². The highest BCUT2D eigenvalue weighted by molar-refractivity contribution is 7.99. The quantitative estimate of drug-likeness (QED) is 0.698. The Balaban J connectivity index is 1.48. The number of nitrogens with zero attached hydrogens (tertiary/aromatic N) is 3. The Labute approximate surface area is 172 Å². The molecule has 0 saturated carbocycles. The van der Waals surface area contributed by atoms with E-state index < -0.39 is 5.76 Å². The van der Waals surface area contributed by atoms with Gasteiger partial charge < -0.3 is 10.2 Å². The monoisotopic (exact) mass is 420 g/mol. The van der Waals surface area contributed by atoms with Crippen LogP contribution in [0.1, 0.15) is 15.9 Å². The van der Waals surface area contributed by atoms with E-state index in [4.69, 9.17) is 0 Å². The lowest BCUT2D eigenvalue weighted by Crippen LogP contribution is -2.51. The minimum absolute atomic E-state index is 0.0372. The number of carbonyl (C=O) groups excluding carboxylic acids is 2. The number of hydrogen-bond acceptors (Lipinski definition) is 5. The van der Waals surface area contributed by atoms with Gasteiger partial charge in [-0.25, -0.2) is 4.98 Å². The Kier molecular flexibility index (Phi) is 7.54. The van der Waals surface area contributed by atoms with Gasteiger partial charge in [-0.05, 0) is 29.5 Å². The van der Waals surface area contributed by atoms with Gasteiger partial charge in [-0.3, -0.25) is 14.5 Å². The number of alkyl halides is 2. The lowest BCUT2D eigenvalue weighted by molar-refractivity contribution is -0.122. The van der Waals surface area contributed by atoms with Crippen molar-refractivity contribution in [3.05, 3.63) is 59.8 Å². The second-order valence-corrected chi connectivity index (χ2v) is 7.54. The summed E-state index contributed by atoms with van der Waals surface area (Å²) in [6.07, 6.45) is 1.40. The first-order chi connectivity index (χ1) is 14.0. The van der Waals surface area contributed by atoms with Crippen LogP contribution in [-0.4, -0.2) is 65.1 Å². The van der Waals surface area contributed by atoms with Crippen LogP contribution in [0.15, 0.2) is 53.7 Å². The molecule has 9 heteroatoms. The molecule has 3 rings (SSSR count). The third kappa shape index (κ3) is 6.23. The van der Waals surface area contributed by atoms with E-state index in [1.807, 2.05) is 35.2 Å². The summed E-state index contributed by atoms with van der Waals surface area (Å²) >= 11 is 0.275. The van der Waals surface area contributed by atoms with E-state index in [9.17, 15) is 18.4 Å². The molecular weight excluding hydrogens is 398 g/mol. The molecule has 1 N–H and O–H groups in total. The molecule has 2 amide bonds. The predicted molar refractivity (Wildman–Crippen MR) is 107 cm³/mol. The molecule has 0 bridgehead atoms. The molecule has 6 nitrogen and oxygen atoms in total. The van der Waals surface area contributed by atoms with E-state index in [1.165, 1.54) is 12.3 Å². The molecule has 0 unspecified atom stereocenters. The number of nitrogens with one attached hydrogen (secondary N) is 1. The molecule has 29 heavy (non-hydrogen) atoms. The van der Waals surface area contributed by atoms with Crippen molar-refractivity contribution in [1.29, 1.82) is 0 Å². The Morgan fingerprint density at radius 1 is 1.07 bits per heavy atom. The van der Waals surface area contributed by atoms with Crippen LogP contribution in [0.5, 0.6) is 0 Å². The largest absolute Gasteiger partial charge is 0.351 e. The Morgan fingerprint density at radius 2 is 1.79 bits per heavy atom. The normalized spacial score (nSPS) is 14.8. The summed E-state index contributed by atoms with van der Waals surface area (Å²) in [7, 11) is 0. The second kappa shape index (κ2) is 10.3. The third-order valence-corrected chi connectivity index (χ3v) is 5.29. The average Bonchev–Trinajstić information content (AvgIpc) is 2.73. The van der Waals surface area contributed by atoms with Crippen molar-refractivity contribution in [2.75, 3.05) is 32.7 Å². The number of halogens is 2. The standard InChI is InChI=1S/C20H22F2N4O2S/c21-20(22)29-18-16(7-4-8-23-18)19(28)26-11-9-25(10-12-26)14-17(27)24-13-15-5-2-1-3-6-15/h1-8,20H,9-14H2,(H,24,27). The first kappa shape index (κ1) is 21.2. The summed E-state index contributed by atoms with van der Waals surface area (Å²) in [4.78, 5) is 32.4. The molecule has 0 aliphatic carbocycles. The molecule has 1 aliphatic heterocycles. The molecule has 1 aromatic heterocycles. The number of rotatable bonds is 7. The molecule has 154 valence electrons. The van der Waals surface area contributed by atoms with Crippen LogP contribution in [0.4, 0.5) is 8.78 Å². The van der Waals surface area contributed by atoms with Crippen molar-refractivity contribution in [2.45, 2.75) is 17.3 Å². The van der Waals surface area contributed by atoms with Crippen LogP contribution >= 0.6 is 11.8 Å². The highest BCUT2D eigenvalue weighted by Gasteiger charge is 2.26. The molecule has 0 radical (unpaired) electrons. The van der Waals surface area contributed by atoms with Gasteiger partial charge in [0, 0.05) is 38.9 Å². The van der Waals surface area contributed by atoms with Crippen LogP contribution in [0.25, 0.3) is 0 Å². The maximum absolute atomic E-state index is 12.7. The van der Waals surface area contributed by atoms with Crippen LogP contribution in [0.3, 0.4) is 0 Å². The second-order valence-electron chi connectivity index (χ2n) is 6.57. The van der Waals surface area contributed by atoms with Crippen molar-refractivity contribution < 1.29 is 18.4 Å². The van der Waals surface area contributed by atoms with Crippen LogP contribution < -0.4 is 5.32 Å². The summed E-state index contributed by atoms with van der Waals surface area (Å²) in [6.45, 7) is 2.68. The van der Waals surface area contributed by atoms with E-state index in [1.54, 1.807) is 11.0 Å².